The van der Waals surface area contributed by atoms with Crippen LogP contribution in [0.25, 0.3) is 10.8 Å². The minimum Gasteiger partial charge on any atom is -0.373 e. The van der Waals surface area contributed by atoms with Gasteiger partial charge in [0.2, 0.25) is 0 Å². The van der Waals surface area contributed by atoms with Crippen molar-refractivity contribution in [3.05, 3.63) is 41.7 Å². The Morgan fingerprint density at radius 2 is 1.73 bits per heavy atom. The number of halogens is 4. The maximum absolute atomic E-state index is 14.6. The highest BCUT2D eigenvalue weighted by Gasteiger charge is 2.49. The zero-order valence-corrected chi connectivity index (χ0v) is 17.7. The molecule has 0 bridgehead atoms. The molecule has 2 aromatic carbocycles. The third-order valence-electron chi connectivity index (χ3n) is 5.96. The van der Waals surface area contributed by atoms with E-state index in [4.69, 9.17) is 0 Å². The third kappa shape index (κ3) is 5.07. The van der Waals surface area contributed by atoms with Crippen molar-refractivity contribution in [3.8, 4) is 5.75 Å². The lowest BCUT2D eigenvalue weighted by Crippen LogP contribution is -2.28. The quantitative estimate of drug-likeness (QED) is 0.198. The molecule has 0 N–H and O–H groups in total. The topological polar surface area (TPSA) is 43.4 Å². The molecule has 3 nitrogen and oxygen atoms in total. The van der Waals surface area contributed by atoms with Crippen LogP contribution in [-0.4, -0.2) is 13.9 Å². The van der Waals surface area contributed by atoms with Gasteiger partial charge < -0.3 is 4.18 Å². The molecule has 0 spiro atoms. The van der Waals surface area contributed by atoms with E-state index in [2.05, 4.69) is 11.1 Å². The van der Waals surface area contributed by atoms with Crippen molar-refractivity contribution in [1.29, 1.82) is 0 Å². The molecule has 3 rings (SSSR count). The van der Waals surface area contributed by atoms with Gasteiger partial charge in [-0.05, 0) is 54.5 Å². The number of hydrogen-bond donors (Lipinski definition) is 0. The summed E-state index contributed by atoms with van der Waals surface area (Å²) in [5.41, 5.74) is -4.54. The molecule has 1 saturated carbocycles. The van der Waals surface area contributed by atoms with Crippen LogP contribution in [0.1, 0.15) is 69.8 Å². The van der Waals surface area contributed by atoms with E-state index in [1.165, 1.54) is 50.7 Å². The summed E-state index contributed by atoms with van der Waals surface area (Å²) in [7, 11) is -5.92. The van der Waals surface area contributed by atoms with Crippen molar-refractivity contribution in [1.82, 2.24) is 0 Å². The summed E-state index contributed by atoms with van der Waals surface area (Å²) in [6.07, 6.45) is 9.50. The van der Waals surface area contributed by atoms with Crippen LogP contribution in [0.15, 0.2) is 30.3 Å². The zero-order valence-electron chi connectivity index (χ0n) is 16.8. The van der Waals surface area contributed by atoms with Crippen molar-refractivity contribution in [3.63, 3.8) is 0 Å². The van der Waals surface area contributed by atoms with Gasteiger partial charge in [-0.25, -0.2) is 4.39 Å². The van der Waals surface area contributed by atoms with E-state index in [1.807, 2.05) is 6.07 Å². The Morgan fingerprint density at radius 3 is 2.37 bits per heavy atom. The Bertz CT molecular complexity index is 978. The Morgan fingerprint density at radius 1 is 1.03 bits per heavy atom. The zero-order chi connectivity index (χ0) is 21.9. The van der Waals surface area contributed by atoms with Gasteiger partial charge >= 0.3 is 15.6 Å². The fourth-order valence-corrected chi connectivity index (χ4v) is 4.70. The van der Waals surface area contributed by atoms with Crippen LogP contribution in [0.4, 0.5) is 17.6 Å². The lowest BCUT2D eigenvalue weighted by Gasteiger charge is -2.29. The summed E-state index contributed by atoms with van der Waals surface area (Å²) in [6.45, 7) is 2.20. The molecule has 0 aromatic heterocycles. The number of fused-ring (bicyclic) bond motifs is 1. The Hall–Kier alpha value is -1.83. The fraction of sp³-hybridized carbons (Fsp3) is 0.545. The van der Waals surface area contributed by atoms with Gasteiger partial charge in [0.15, 0.2) is 11.6 Å². The van der Waals surface area contributed by atoms with Crippen LogP contribution in [0.5, 0.6) is 5.75 Å². The normalized spacial score (nSPS) is 20.4. The maximum atomic E-state index is 14.6. The largest absolute Gasteiger partial charge is 0.534 e. The predicted octanol–water partition coefficient (Wildman–Crippen LogP) is 7.06. The van der Waals surface area contributed by atoms with E-state index in [-0.39, 0.29) is 5.39 Å². The standard InChI is InChI=1S/C22H26F4O3S/c1-2-3-4-5-15-6-8-16(9-7-15)17-10-12-19-18(14-17)11-13-20(21(19)23)29-30(27,28)22(24,25)26/h10-16H,2-9H2,1H3. The highest BCUT2D eigenvalue weighted by atomic mass is 32.2. The van der Waals surface area contributed by atoms with Crippen molar-refractivity contribution in [2.75, 3.05) is 0 Å². The van der Waals surface area contributed by atoms with Gasteiger partial charge in [0.05, 0.1) is 0 Å². The summed E-state index contributed by atoms with van der Waals surface area (Å²) in [5, 5.41) is 0.536. The number of rotatable bonds is 7. The average Bonchev–Trinajstić information content (AvgIpc) is 2.70. The number of alkyl halides is 3. The van der Waals surface area contributed by atoms with Crippen LogP contribution in [0.3, 0.4) is 0 Å². The molecule has 2 aromatic rings. The van der Waals surface area contributed by atoms with Crippen molar-refractivity contribution in [2.45, 2.75) is 69.7 Å². The molecule has 1 aliphatic rings. The van der Waals surface area contributed by atoms with Gasteiger partial charge in [-0.2, -0.15) is 21.6 Å². The Labute approximate surface area is 174 Å². The average molecular weight is 447 g/mol. The van der Waals surface area contributed by atoms with Crippen molar-refractivity contribution < 1.29 is 30.2 Å². The van der Waals surface area contributed by atoms with Gasteiger partial charge in [0, 0.05) is 5.39 Å². The molecular formula is C22H26F4O3S. The van der Waals surface area contributed by atoms with E-state index in [1.54, 1.807) is 6.07 Å². The maximum Gasteiger partial charge on any atom is 0.534 e. The molecule has 0 aliphatic heterocycles. The Kier molecular flexibility index (Phi) is 6.95. The fourth-order valence-electron chi connectivity index (χ4n) is 4.24. The minimum atomic E-state index is -5.92. The van der Waals surface area contributed by atoms with Crippen LogP contribution >= 0.6 is 0 Å². The van der Waals surface area contributed by atoms with Crippen LogP contribution in [0, 0.1) is 11.7 Å². The molecule has 166 valence electrons. The summed E-state index contributed by atoms with van der Waals surface area (Å²) in [5.74, 6) is -0.936. The van der Waals surface area contributed by atoms with Gasteiger partial charge in [-0.3, -0.25) is 0 Å². The summed E-state index contributed by atoms with van der Waals surface area (Å²) in [6, 6.07) is 7.41. The van der Waals surface area contributed by atoms with Crippen LogP contribution < -0.4 is 4.18 Å². The van der Waals surface area contributed by atoms with E-state index in [0.717, 1.165) is 30.4 Å². The highest BCUT2D eigenvalue weighted by molar-refractivity contribution is 7.88. The van der Waals surface area contributed by atoms with E-state index in [9.17, 15) is 26.0 Å². The molecule has 1 aliphatic carbocycles. The number of unbranched alkanes of at least 4 members (excludes halogenated alkanes) is 2. The molecule has 8 heteroatoms. The molecule has 30 heavy (non-hydrogen) atoms. The van der Waals surface area contributed by atoms with E-state index < -0.39 is 27.2 Å². The third-order valence-corrected chi connectivity index (χ3v) is 6.93. The lowest BCUT2D eigenvalue weighted by atomic mass is 9.77. The summed E-state index contributed by atoms with van der Waals surface area (Å²) >= 11 is 0. The second-order valence-corrected chi connectivity index (χ2v) is 9.59. The molecular weight excluding hydrogens is 420 g/mol. The number of benzene rings is 2. The molecule has 0 amide bonds. The van der Waals surface area contributed by atoms with E-state index >= 15 is 0 Å². The van der Waals surface area contributed by atoms with Crippen molar-refractivity contribution in [2.24, 2.45) is 5.92 Å². The first-order valence-corrected chi connectivity index (χ1v) is 11.8. The van der Waals surface area contributed by atoms with Crippen molar-refractivity contribution >= 4 is 20.9 Å². The first kappa shape index (κ1) is 22.8. The Balaban J connectivity index is 1.74. The predicted molar refractivity (Wildman–Crippen MR) is 108 cm³/mol. The van der Waals surface area contributed by atoms with Crippen LogP contribution in [0.2, 0.25) is 0 Å². The molecule has 0 atom stereocenters. The van der Waals surface area contributed by atoms with Gasteiger partial charge in [-0.1, -0.05) is 56.9 Å². The van der Waals surface area contributed by atoms with Gasteiger partial charge in [0.25, 0.3) is 0 Å². The van der Waals surface area contributed by atoms with E-state index in [0.29, 0.717) is 11.3 Å². The summed E-state index contributed by atoms with van der Waals surface area (Å²) < 4.78 is 78.4. The molecule has 0 radical (unpaired) electrons. The van der Waals surface area contributed by atoms with Gasteiger partial charge in [-0.15, -0.1) is 0 Å². The SMILES string of the molecule is CCCCCC1CCC(c2ccc3c(F)c(OS(=O)(=O)C(F)(F)F)ccc3c2)CC1. The lowest BCUT2D eigenvalue weighted by molar-refractivity contribution is -0.0500. The van der Waals surface area contributed by atoms with Crippen LogP contribution in [-0.2, 0) is 10.1 Å². The smallest absolute Gasteiger partial charge is 0.373 e. The second kappa shape index (κ2) is 9.12. The second-order valence-electron chi connectivity index (χ2n) is 8.05. The number of hydrogen-bond acceptors (Lipinski definition) is 3. The first-order valence-electron chi connectivity index (χ1n) is 10.3. The summed E-state index contributed by atoms with van der Waals surface area (Å²) in [4.78, 5) is 0. The molecule has 0 unspecified atom stereocenters. The highest BCUT2D eigenvalue weighted by Crippen LogP contribution is 2.39. The molecule has 0 heterocycles. The monoisotopic (exact) mass is 446 g/mol. The first-order chi connectivity index (χ1) is 14.1. The van der Waals surface area contributed by atoms with Gasteiger partial charge in [0.1, 0.15) is 0 Å². The molecule has 1 fully saturated rings. The molecule has 0 saturated heterocycles. The minimum absolute atomic E-state index is 0.0295.